The smallest absolute Gasteiger partial charge is 0.267 e. The Labute approximate surface area is 214 Å². The number of likely N-dealkylation sites (tertiary alicyclic amines) is 1. The Bertz CT molecular complexity index is 1240. The van der Waals surface area contributed by atoms with E-state index in [-0.39, 0.29) is 17.6 Å². The largest absolute Gasteiger partial charge is 0.489 e. The van der Waals surface area contributed by atoms with Gasteiger partial charge < -0.3 is 4.74 Å². The number of carbonyl (C=O) groups excluding carboxylic acids is 1. The monoisotopic (exact) mass is 540 g/mol. The number of hydrogen-bond donors (Lipinski definition) is 1. The Balaban J connectivity index is 1.24. The topological polar surface area (TPSA) is 75.7 Å². The van der Waals surface area contributed by atoms with Crippen LogP contribution in [-0.2, 0) is 16.6 Å². The Morgan fingerprint density at radius 1 is 1.06 bits per heavy atom. The number of carbonyl (C=O) groups is 1. The van der Waals surface area contributed by atoms with Crippen LogP contribution in [0.4, 0.5) is 4.39 Å². The van der Waals surface area contributed by atoms with Crippen LogP contribution >= 0.6 is 23.2 Å². The number of nitrogens with one attached hydrogen (secondary N) is 1. The van der Waals surface area contributed by atoms with E-state index in [4.69, 9.17) is 27.9 Å². The molecule has 1 N–H and O–H groups in total. The van der Waals surface area contributed by atoms with Crippen LogP contribution in [0, 0.1) is 5.82 Å². The zero-order valence-electron chi connectivity index (χ0n) is 19.1. The van der Waals surface area contributed by atoms with E-state index in [9.17, 15) is 17.6 Å². The summed E-state index contributed by atoms with van der Waals surface area (Å²) in [6, 6.07) is 8.14. The predicted octanol–water partition coefficient (Wildman–Crippen LogP) is 5.28. The Morgan fingerprint density at radius 2 is 1.77 bits per heavy atom. The molecule has 188 valence electrons. The van der Waals surface area contributed by atoms with E-state index < -0.39 is 27.0 Å². The molecule has 0 unspecified atom stereocenters. The minimum atomic E-state index is -3.74. The Morgan fingerprint density at radius 3 is 2.40 bits per heavy atom. The third-order valence-electron chi connectivity index (χ3n) is 6.80. The lowest BCUT2D eigenvalue weighted by Gasteiger charge is -2.33. The number of benzene rings is 2. The van der Waals surface area contributed by atoms with E-state index in [1.165, 1.54) is 6.07 Å². The first-order valence-corrected chi connectivity index (χ1v) is 14.2. The normalized spacial score (nSPS) is 19.5. The lowest BCUT2D eigenvalue weighted by Crippen LogP contribution is -2.38. The third kappa shape index (κ3) is 5.93. The van der Waals surface area contributed by atoms with E-state index in [0.717, 1.165) is 49.9 Å². The molecule has 3 aliphatic rings. The van der Waals surface area contributed by atoms with Crippen molar-refractivity contribution in [1.82, 2.24) is 9.62 Å². The fourth-order valence-electron chi connectivity index (χ4n) is 4.54. The van der Waals surface area contributed by atoms with Crippen molar-refractivity contribution in [3.05, 3.63) is 62.9 Å². The summed E-state index contributed by atoms with van der Waals surface area (Å²) >= 11 is 12.2. The predicted molar refractivity (Wildman–Crippen MR) is 133 cm³/mol. The molecule has 0 radical (unpaired) electrons. The highest BCUT2D eigenvalue weighted by Gasteiger charge is 2.38. The average Bonchev–Trinajstić information content (AvgIpc) is 3.69. The van der Waals surface area contributed by atoms with Crippen LogP contribution in [0.1, 0.15) is 65.9 Å². The van der Waals surface area contributed by atoms with Gasteiger partial charge in [-0.1, -0.05) is 23.2 Å². The maximum absolute atomic E-state index is 15.0. The molecule has 5 rings (SSSR count). The number of sulfonamides is 1. The summed E-state index contributed by atoms with van der Waals surface area (Å²) in [6.45, 7) is 2.13. The van der Waals surface area contributed by atoms with Gasteiger partial charge in [0.1, 0.15) is 17.7 Å². The molecule has 0 aromatic heterocycles. The van der Waals surface area contributed by atoms with Gasteiger partial charge in [-0.2, -0.15) is 0 Å². The molecule has 6 nitrogen and oxygen atoms in total. The van der Waals surface area contributed by atoms with Crippen molar-refractivity contribution in [1.29, 1.82) is 0 Å². The summed E-state index contributed by atoms with van der Waals surface area (Å²) in [6.07, 6.45) is 4.68. The second kappa shape index (κ2) is 9.88. The molecule has 2 aromatic carbocycles. The summed E-state index contributed by atoms with van der Waals surface area (Å²) < 4.78 is 47.4. The van der Waals surface area contributed by atoms with Crippen molar-refractivity contribution in [3.8, 4) is 5.75 Å². The van der Waals surface area contributed by atoms with E-state index >= 15 is 0 Å². The molecule has 1 saturated heterocycles. The Kier molecular flexibility index (Phi) is 7.00. The van der Waals surface area contributed by atoms with Crippen LogP contribution in [0.5, 0.6) is 5.75 Å². The molecular weight excluding hydrogens is 514 g/mol. The van der Waals surface area contributed by atoms with E-state index in [0.29, 0.717) is 35.2 Å². The van der Waals surface area contributed by atoms with Gasteiger partial charge in [0.15, 0.2) is 0 Å². The second-order valence-corrected chi connectivity index (χ2v) is 12.5. The van der Waals surface area contributed by atoms with Crippen LogP contribution < -0.4 is 9.46 Å². The minimum Gasteiger partial charge on any atom is -0.489 e. The average molecular weight is 541 g/mol. The molecule has 3 fully saturated rings. The molecule has 2 aromatic rings. The van der Waals surface area contributed by atoms with Gasteiger partial charge in [0, 0.05) is 24.7 Å². The van der Waals surface area contributed by atoms with Crippen LogP contribution in [-0.4, -0.2) is 43.7 Å². The lowest BCUT2D eigenvalue weighted by atomic mass is 9.97. The first kappa shape index (κ1) is 24.8. The van der Waals surface area contributed by atoms with Crippen molar-refractivity contribution in [3.63, 3.8) is 0 Å². The first-order valence-electron chi connectivity index (χ1n) is 11.9. The maximum atomic E-state index is 15.0. The number of nitrogens with zero attached hydrogens (tertiary/aromatic N) is 1. The number of piperidine rings is 1. The van der Waals surface area contributed by atoms with Gasteiger partial charge in [0.25, 0.3) is 5.91 Å². The van der Waals surface area contributed by atoms with Crippen molar-refractivity contribution in [2.45, 2.75) is 62.3 Å². The first-order chi connectivity index (χ1) is 16.7. The molecule has 35 heavy (non-hydrogen) atoms. The zero-order chi connectivity index (χ0) is 24.7. The van der Waals surface area contributed by atoms with E-state index in [2.05, 4.69) is 4.90 Å². The number of halogens is 3. The summed E-state index contributed by atoms with van der Waals surface area (Å²) in [7, 11) is -3.74. The van der Waals surface area contributed by atoms with Crippen LogP contribution in [0.3, 0.4) is 0 Å². The summed E-state index contributed by atoms with van der Waals surface area (Å²) in [4.78, 5) is 14.8. The van der Waals surface area contributed by atoms with Crippen molar-refractivity contribution < 1.29 is 22.3 Å². The van der Waals surface area contributed by atoms with Gasteiger partial charge in [-0.25, -0.2) is 17.5 Å². The number of rotatable bonds is 8. The summed E-state index contributed by atoms with van der Waals surface area (Å²) in [5.41, 5.74) is 1.59. The molecular formula is C25H27Cl2FN2O4S. The molecule has 2 saturated carbocycles. The molecule has 2 aliphatic carbocycles. The van der Waals surface area contributed by atoms with Gasteiger partial charge in [-0.15, -0.1) is 0 Å². The lowest BCUT2D eigenvalue weighted by molar-refractivity contribution is 0.0961. The summed E-state index contributed by atoms with van der Waals surface area (Å²) in [5.74, 6) is -0.680. The second-order valence-electron chi connectivity index (χ2n) is 9.65. The van der Waals surface area contributed by atoms with Crippen molar-refractivity contribution in [2.24, 2.45) is 0 Å². The highest BCUT2D eigenvalue weighted by Crippen LogP contribution is 2.43. The zero-order valence-corrected chi connectivity index (χ0v) is 21.4. The van der Waals surface area contributed by atoms with Crippen molar-refractivity contribution >= 4 is 39.1 Å². The van der Waals surface area contributed by atoms with Gasteiger partial charge in [-0.05, 0) is 85.9 Å². The molecule has 1 amide bonds. The molecule has 0 atom stereocenters. The van der Waals surface area contributed by atoms with Crippen LogP contribution in [0.2, 0.25) is 10.0 Å². The third-order valence-corrected chi connectivity index (χ3v) is 9.15. The van der Waals surface area contributed by atoms with Gasteiger partial charge in [0.05, 0.1) is 15.8 Å². The molecule has 1 heterocycles. The molecule has 0 bridgehead atoms. The minimum absolute atomic E-state index is 0.0315. The maximum Gasteiger partial charge on any atom is 0.267 e. The SMILES string of the molecule is O=C(NS(=O)(=O)C1CC1)c1cc(C2CC2)c(CN2CCC(Oc3ccc(Cl)cc3Cl)CC2)cc1F. The highest BCUT2D eigenvalue weighted by atomic mass is 35.5. The van der Waals surface area contributed by atoms with Gasteiger partial charge in [0.2, 0.25) is 10.0 Å². The quantitative estimate of drug-likeness (QED) is 0.493. The molecule has 0 spiro atoms. The standard InChI is InChI=1S/C25H27Cl2FN2O4S/c26-17-3-6-24(22(27)12-17)34-18-7-9-30(10-8-18)14-16-11-23(28)21(13-20(16)15-1-2-15)25(31)29-35(32,33)19-4-5-19/h3,6,11-13,15,18-19H,1-2,4-5,7-10,14H2,(H,29,31). The summed E-state index contributed by atoms with van der Waals surface area (Å²) in [5, 5.41) is 0.502. The van der Waals surface area contributed by atoms with E-state index in [1.54, 1.807) is 24.3 Å². The van der Waals surface area contributed by atoms with Crippen LogP contribution in [0.15, 0.2) is 30.3 Å². The number of amides is 1. The van der Waals surface area contributed by atoms with Crippen molar-refractivity contribution in [2.75, 3.05) is 13.1 Å². The van der Waals surface area contributed by atoms with E-state index in [1.807, 2.05) is 4.72 Å². The number of hydrogen-bond acceptors (Lipinski definition) is 5. The fourth-order valence-corrected chi connectivity index (χ4v) is 6.28. The highest BCUT2D eigenvalue weighted by molar-refractivity contribution is 7.91. The van der Waals surface area contributed by atoms with Gasteiger partial charge >= 0.3 is 0 Å². The molecule has 10 heteroatoms. The molecule has 1 aliphatic heterocycles. The van der Waals surface area contributed by atoms with Gasteiger partial charge in [-0.3, -0.25) is 9.69 Å². The fraction of sp³-hybridized carbons (Fsp3) is 0.480. The number of ether oxygens (including phenoxy) is 1. The van der Waals surface area contributed by atoms with Crippen LogP contribution in [0.25, 0.3) is 0 Å². The Hall–Kier alpha value is -1.87.